The molecule has 5 nitrogen and oxygen atoms in total. The Kier molecular flexibility index (Phi) is 2.79. The van der Waals surface area contributed by atoms with Crippen LogP contribution in [-0.4, -0.2) is 28.0 Å². The molecule has 4 N–H and O–H groups in total. The summed E-state index contributed by atoms with van der Waals surface area (Å²) in [5.74, 6) is 1.03. The number of hydrogen-bond acceptors (Lipinski definition) is 3. The summed E-state index contributed by atoms with van der Waals surface area (Å²) >= 11 is 0. The molecule has 1 saturated carbocycles. The van der Waals surface area contributed by atoms with E-state index in [1.54, 1.807) is 6.07 Å². The van der Waals surface area contributed by atoms with E-state index in [-0.39, 0.29) is 0 Å². The number of aromatic nitrogens is 2. The van der Waals surface area contributed by atoms with Crippen LogP contribution in [0.3, 0.4) is 0 Å². The van der Waals surface area contributed by atoms with E-state index < -0.39 is 5.91 Å². The van der Waals surface area contributed by atoms with E-state index >= 15 is 0 Å². The van der Waals surface area contributed by atoms with Gasteiger partial charge in [0.05, 0.1) is 11.1 Å². The number of hydrogen-bond donors (Lipinski definition) is 3. The Labute approximate surface area is 123 Å². The Balaban J connectivity index is 1.70. The Bertz CT molecular complexity index is 701. The van der Waals surface area contributed by atoms with Crippen LogP contribution in [0.1, 0.15) is 54.2 Å². The summed E-state index contributed by atoms with van der Waals surface area (Å²) in [7, 11) is 0. The van der Waals surface area contributed by atoms with Crippen molar-refractivity contribution in [2.45, 2.75) is 43.6 Å². The molecule has 1 saturated heterocycles. The largest absolute Gasteiger partial charge is 0.366 e. The average Bonchev–Trinajstić information content (AvgIpc) is 2.89. The first-order chi connectivity index (χ1) is 10.2. The van der Waals surface area contributed by atoms with Gasteiger partial charge in [0.1, 0.15) is 11.3 Å². The quantitative estimate of drug-likeness (QED) is 0.789. The van der Waals surface area contributed by atoms with Crippen molar-refractivity contribution in [2.75, 3.05) is 6.54 Å². The molecule has 1 atom stereocenters. The van der Waals surface area contributed by atoms with E-state index in [2.05, 4.69) is 10.3 Å². The zero-order valence-corrected chi connectivity index (χ0v) is 12.0. The molecule has 5 heteroatoms. The third kappa shape index (κ3) is 2.03. The van der Waals surface area contributed by atoms with Crippen molar-refractivity contribution in [3.63, 3.8) is 0 Å². The van der Waals surface area contributed by atoms with Crippen molar-refractivity contribution in [2.24, 2.45) is 5.73 Å². The molecule has 4 rings (SSSR count). The van der Waals surface area contributed by atoms with Crippen LogP contribution >= 0.6 is 0 Å². The van der Waals surface area contributed by atoms with Crippen LogP contribution in [0.2, 0.25) is 0 Å². The lowest BCUT2D eigenvalue weighted by atomic mass is 9.68. The first kappa shape index (κ1) is 12.8. The molecule has 0 bridgehead atoms. The van der Waals surface area contributed by atoms with Gasteiger partial charge in [0, 0.05) is 11.5 Å². The first-order valence-corrected chi connectivity index (χ1v) is 7.70. The third-order valence-electron chi connectivity index (χ3n) is 5.12. The average molecular weight is 284 g/mol. The number of nitrogens with two attached hydrogens (primary N) is 1. The molecule has 2 heterocycles. The highest BCUT2D eigenvalue weighted by Crippen LogP contribution is 2.43. The van der Waals surface area contributed by atoms with Gasteiger partial charge in [-0.05, 0) is 50.8 Å². The molecule has 2 fully saturated rings. The van der Waals surface area contributed by atoms with Crippen molar-refractivity contribution >= 4 is 16.9 Å². The van der Waals surface area contributed by atoms with E-state index in [1.807, 2.05) is 12.1 Å². The van der Waals surface area contributed by atoms with Crippen LogP contribution in [0, 0.1) is 0 Å². The molecule has 1 spiro atoms. The van der Waals surface area contributed by atoms with Crippen LogP contribution in [-0.2, 0) is 0 Å². The summed E-state index contributed by atoms with van der Waals surface area (Å²) in [5, 5.41) is 3.68. The number of H-pyrrole nitrogens is 1. The maximum atomic E-state index is 11.5. The van der Waals surface area contributed by atoms with Gasteiger partial charge < -0.3 is 16.0 Å². The van der Waals surface area contributed by atoms with Crippen molar-refractivity contribution in [1.29, 1.82) is 0 Å². The first-order valence-electron chi connectivity index (χ1n) is 7.70. The number of aromatic amines is 1. The van der Waals surface area contributed by atoms with E-state index in [1.165, 1.54) is 19.3 Å². The van der Waals surface area contributed by atoms with Crippen LogP contribution in [0.15, 0.2) is 18.2 Å². The molecule has 1 aliphatic heterocycles. The number of nitrogens with zero attached hydrogens (tertiary/aromatic N) is 1. The smallest absolute Gasteiger partial charge is 0.250 e. The number of benzene rings is 1. The number of carbonyl (C=O) groups excluding carboxylic acids is 1. The van der Waals surface area contributed by atoms with Gasteiger partial charge in [0.15, 0.2) is 0 Å². The van der Waals surface area contributed by atoms with Crippen molar-refractivity contribution in [1.82, 2.24) is 15.3 Å². The van der Waals surface area contributed by atoms with Gasteiger partial charge in [-0.25, -0.2) is 4.98 Å². The molecule has 1 aliphatic carbocycles. The topological polar surface area (TPSA) is 83.8 Å². The Morgan fingerprint density at radius 1 is 1.38 bits per heavy atom. The van der Waals surface area contributed by atoms with Crippen LogP contribution < -0.4 is 11.1 Å². The standard InChI is InChI=1S/C16H20N4O/c17-14(21)11-3-1-4-12-13(11)20-15(19-12)10-5-8-18-16(9-10)6-2-7-16/h1,3-4,10,18H,2,5-9H2,(H2,17,21)(H,19,20). The number of para-hydroxylation sites is 1. The predicted molar refractivity (Wildman–Crippen MR) is 81.2 cm³/mol. The number of rotatable bonds is 2. The second kappa shape index (κ2) is 4.56. The number of nitrogens with one attached hydrogen (secondary N) is 2. The van der Waals surface area contributed by atoms with Crippen LogP contribution in [0.25, 0.3) is 11.0 Å². The minimum atomic E-state index is -0.417. The highest BCUT2D eigenvalue weighted by molar-refractivity contribution is 6.04. The monoisotopic (exact) mass is 284 g/mol. The molecule has 110 valence electrons. The van der Waals surface area contributed by atoms with Crippen LogP contribution in [0.5, 0.6) is 0 Å². The third-order valence-corrected chi connectivity index (χ3v) is 5.12. The number of primary amides is 1. The molecule has 1 aromatic heterocycles. The van der Waals surface area contributed by atoms with Crippen molar-refractivity contribution in [3.8, 4) is 0 Å². The summed E-state index contributed by atoms with van der Waals surface area (Å²) in [6.45, 7) is 1.05. The number of imidazole rings is 1. The minimum Gasteiger partial charge on any atom is -0.366 e. The normalized spacial score (nSPS) is 24.1. The molecule has 1 unspecified atom stereocenters. The van der Waals surface area contributed by atoms with E-state index in [4.69, 9.17) is 10.7 Å². The Morgan fingerprint density at radius 2 is 2.24 bits per heavy atom. The molecule has 2 aromatic rings. The fourth-order valence-electron chi connectivity index (χ4n) is 3.82. The second-order valence-electron chi connectivity index (χ2n) is 6.44. The number of amides is 1. The molecular formula is C16H20N4O. The summed E-state index contributed by atoms with van der Waals surface area (Å²) in [5.41, 5.74) is 7.90. The zero-order valence-electron chi connectivity index (χ0n) is 12.0. The maximum absolute atomic E-state index is 11.5. The van der Waals surface area contributed by atoms with Gasteiger partial charge in [0.2, 0.25) is 0 Å². The van der Waals surface area contributed by atoms with Crippen molar-refractivity contribution in [3.05, 3.63) is 29.6 Å². The van der Waals surface area contributed by atoms with Gasteiger partial charge in [-0.1, -0.05) is 6.07 Å². The summed E-state index contributed by atoms with van der Waals surface area (Å²) < 4.78 is 0. The zero-order chi connectivity index (χ0) is 14.4. The lowest BCUT2D eigenvalue weighted by molar-refractivity contribution is 0.100. The van der Waals surface area contributed by atoms with Gasteiger partial charge >= 0.3 is 0 Å². The highest BCUT2D eigenvalue weighted by atomic mass is 16.1. The van der Waals surface area contributed by atoms with E-state index in [0.29, 0.717) is 22.5 Å². The molecule has 21 heavy (non-hydrogen) atoms. The van der Waals surface area contributed by atoms with Gasteiger partial charge in [-0.15, -0.1) is 0 Å². The number of piperidine rings is 1. The predicted octanol–water partition coefficient (Wildman–Crippen LogP) is 2.05. The molecule has 1 amide bonds. The van der Waals surface area contributed by atoms with Gasteiger partial charge in [-0.2, -0.15) is 0 Å². The van der Waals surface area contributed by atoms with E-state index in [0.717, 1.165) is 30.7 Å². The second-order valence-corrected chi connectivity index (χ2v) is 6.44. The molecular weight excluding hydrogens is 264 g/mol. The van der Waals surface area contributed by atoms with Gasteiger partial charge in [0.25, 0.3) is 5.91 Å². The fourth-order valence-corrected chi connectivity index (χ4v) is 3.82. The number of fused-ring (bicyclic) bond motifs is 1. The molecule has 2 aliphatic rings. The Morgan fingerprint density at radius 3 is 2.95 bits per heavy atom. The van der Waals surface area contributed by atoms with Crippen molar-refractivity contribution < 1.29 is 4.79 Å². The minimum absolute atomic E-state index is 0.342. The maximum Gasteiger partial charge on any atom is 0.250 e. The van der Waals surface area contributed by atoms with Gasteiger partial charge in [-0.3, -0.25) is 4.79 Å². The highest BCUT2D eigenvalue weighted by Gasteiger charge is 2.41. The number of carbonyl (C=O) groups is 1. The molecule has 0 radical (unpaired) electrons. The molecule has 1 aromatic carbocycles. The van der Waals surface area contributed by atoms with Crippen LogP contribution in [0.4, 0.5) is 0 Å². The SMILES string of the molecule is NC(=O)c1cccc2[nH]c(C3CCNC4(CCC4)C3)nc12. The Hall–Kier alpha value is -1.88. The lowest BCUT2D eigenvalue weighted by Crippen LogP contribution is -2.55. The lowest BCUT2D eigenvalue weighted by Gasteiger charge is -2.48. The summed E-state index contributed by atoms with van der Waals surface area (Å²) in [6, 6.07) is 5.55. The van der Waals surface area contributed by atoms with E-state index in [9.17, 15) is 4.79 Å². The summed E-state index contributed by atoms with van der Waals surface area (Å²) in [6.07, 6.45) is 6.10. The fraction of sp³-hybridized carbons (Fsp3) is 0.500. The summed E-state index contributed by atoms with van der Waals surface area (Å²) in [4.78, 5) is 19.6.